The van der Waals surface area contributed by atoms with E-state index in [9.17, 15) is 29.8 Å². The first-order valence-corrected chi connectivity index (χ1v) is 8.17. The number of nitrogens with zero attached hydrogens (tertiary/aromatic N) is 2. The summed E-state index contributed by atoms with van der Waals surface area (Å²) in [7, 11) is 0. The normalized spacial score (nSPS) is 16.4. The number of ketones is 2. The molecule has 0 rings (SSSR count). The predicted molar refractivity (Wildman–Crippen MR) is 86.4 cm³/mol. The number of hydrogen-bond donors (Lipinski definition) is 0. The summed E-state index contributed by atoms with van der Waals surface area (Å²) < 4.78 is -3.19. The van der Waals surface area contributed by atoms with Crippen molar-refractivity contribution < 1.29 is 19.4 Å². The molecule has 0 aliphatic rings. The highest BCUT2D eigenvalue weighted by atomic mass is 79.9. The van der Waals surface area contributed by atoms with Crippen LogP contribution in [0, 0.1) is 20.2 Å². The fourth-order valence-electron chi connectivity index (χ4n) is 1.73. The van der Waals surface area contributed by atoms with Crippen LogP contribution < -0.4 is 0 Å². The molecule has 0 heterocycles. The molecule has 10 heteroatoms. The second-order valence-electron chi connectivity index (χ2n) is 5.25. The third kappa shape index (κ3) is 6.91. The number of carbonyl (C=O) groups excluding carboxylic acids is 2. The minimum Gasteiger partial charge on any atom is -0.300 e. The zero-order valence-electron chi connectivity index (χ0n) is 12.3. The number of nitro groups is 2. The minimum atomic E-state index is -1.59. The molecule has 0 fully saturated rings. The Kier molecular flexibility index (Phi) is 8.30. The average molecular weight is 446 g/mol. The van der Waals surface area contributed by atoms with Crippen LogP contribution in [-0.4, -0.2) is 30.3 Å². The van der Waals surface area contributed by atoms with E-state index in [1.807, 2.05) is 0 Å². The topological polar surface area (TPSA) is 120 Å². The van der Waals surface area contributed by atoms with Crippen molar-refractivity contribution in [3.63, 3.8) is 0 Å². The van der Waals surface area contributed by atoms with Gasteiger partial charge in [0.15, 0.2) is 0 Å². The van der Waals surface area contributed by atoms with Gasteiger partial charge < -0.3 is 9.59 Å². The van der Waals surface area contributed by atoms with Crippen LogP contribution in [0.4, 0.5) is 0 Å². The van der Waals surface area contributed by atoms with Crippen LogP contribution in [0.15, 0.2) is 0 Å². The Morgan fingerprint density at radius 3 is 1.27 bits per heavy atom. The molecule has 0 bridgehead atoms. The van der Waals surface area contributed by atoms with Gasteiger partial charge in [-0.05, 0) is 13.8 Å². The number of halogens is 2. The van der Waals surface area contributed by atoms with Crippen molar-refractivity contribution in [1.82, 2.24) is 0 Å². The molecule has 0 saturated carbocycles. The third-order valence-corrected chi connectivity index (χ3v) is 5.43. The van der Waals surface area contributed by atoms with Crippen molar-refractivity contribution in [2.75, 3.05) is 0 Å². The Bertz CT molecular complexity index is 431. The van der Waals surface area contributed by atoms with E-state index in [0.717, 1.165) is 0 Å². The summed E-state index contributed by atoms with van der Waals surface area (Å²) in [5.41, 5.74) is 0. The Hall–Kier alpha value is -0.900. The van der Waals surface area contributed by atoms with E-state index in [-0.39, 0.29) is 50.1 Å². The molecule has 8 nitrogen and oxygen atoms in total. The lowest BCUT2D eigenvalue weighted by atomic mass is 9.98. The van der Waals surface area contributed by atoms with E-state index < -0.39 is 18.7 Å². The SMILES string of the molecule is CC(=O)CC[C@](Br)(CC[C@@](Br)(CCC(C)=O)[N+](=O)[O-])[N+](=O)[O-]. The van der Waals surface area contributed by atoms with Gasteiger partial charge in [0.1, 0.15) is 11.6 Å². The maximum absolute atomic E-state index is 11.2. The molecule has 0 saturated heterocycles. The Morgan fingerprint density at radius 1 is 0.818 bits per heavy atom. The zero-order valence-corrected chi connectivity index (χ0v) is 15.5. The van der Waals surface area contributed by atoms with Gasteiger partial charge in [-0.15, -0.1) is 0 Å². The number of hydrogen-bond acceptors (Lipinski definition) is 6. The molecule has 0 aliphatic heterocycles. The average Bonchev–Trinajstić information content (AvgIpc) is 2.40. The van der Waals surface area contributed by atoms with Crippen LogP contribution in [0.3, 0.4) is 0 Å². The van der Waals surface area contributed by atoms with Gasteiger partial charge in [-0.25, -0.2) is 0 Å². The van der Waals surface area contributed by atoms with Crippen molar-refractivity contribution >= 4 is 43.4 Å². The van der Waals surface area contributed by atoms with Gasteiger partial charge >= 0.3 is 0 Å². The highest BCUT2D eigenvalue weighted by Crippen LogP contribution is 2.38. The van der Waals surface area contributed by atoms with Gasteiger partial charge in [0.05, 0.1) is 0 Å². The van der Waals surface area contributed by atoms with Crippen molar-refractivity contribution in [2.24, 2.45) is 0 Å². The number of Topliss-reactive ketones (excluding diaryl/α,β-unsaturated/α-hetero) is 2. The first-order chi connectivity index (χ1) is 9.93. The van der Waals surface area contributed by atoms with Crippen molar-refractivity contribution in [3.8, 4) is 0 Å². The molecule has 0 N–H and O–H groups in total. The summed E-state index contributed by atoms with van der Waals surface area (Å²) in [5, 5.41) is 22.4. The number of rotatable bonds is 11. The molecule has 0 aliphatic carbocycles. The molecule has 0 aromatic heterocycles. The smallest absolute Gasteiger partial charge is 0.275 e. The molecule has 0 amide bonds. The molecule has 0 aromatic rings. The third-order valence-electron chi connectivity index (χ3n) is 3.27. The fourth-order valence-corrected chi connectivity index (χ4v) is 2.53. The minimum absolute atomic E-state index is 0.00737. The van der Waals surface area contributed by atoms with Crippen LogP contribution >= 0.6 is 31.9 Å². The van der Waals surface area contributed by atoms with Crippen LogP contribution in [0.25, 0.3) is 0 Å². The lowest BCUT2D eigenvalue weighted by Gasteiger charge is -2.23. The highest BCUT2D eigenvalue weighted by Gasteiger charge is 2.47. The lowest BCUT2D eigenvalue weighted by molar-refractivity contribution is -0.552. The van der Waals surface area contributed by atoms with Crippen LogP contribution in [0.2, 0.25) is 0 Å². The Labute approximate surface area is 144 Å². The summed E-state index contributed by atoms with van der Waals surface area (Å²) in [4.78, 5) is 43.2. The van der Waals surface area contributed by atoms with E-state index in [2.05, 4.69) is 31.9 Å². The summed E-state index contributed by atoms with van der Waals surface area (Å²) in [6, 6.07) is 0. The Morgan fingerprint density at radius 2 is 1.09 bits per heavy atom. The second-order valence-corrected chi connectivity index (χ2v) is 8.21. The Balaban J connectivity index is 4.97. The molecular weight excluding hydrogens is 428 g/mol. The van der Waals surface area contributed by atoms with Gasteiger partial charge in [-0.1, -0.05) is 0 Å². The van der Waals surface area contributed by atoms with Crippen LogP contribution in [0.1, 0.15) is 52.4 Å². The maximum atomic E-state index is 11.2. The fraction of sp³-hybridized carbons (Fsp3) is 0.833. The van der Waals surface area contributed by atoms with Crippen LogP contribution in [-0.2, 0) is 9.59 Å². The first-order valence-electron chi connectivity index (χ1n) is 6.59. The maximum Gasteiger partial charge on any atom is 0.275 e. The predicted octanol–water partition coefficient (Wildman–Crippen LogP) is 3.24. The van der Waals surface area contributed by atoms with Gasteiger partial charge in [0.25, 0.3) is 8.90 Å². The second kappa shape index (κ2) is 8.66. The van der Waals surface area contributed by atoms with E-state index in [1.165, 1.54) is 13.8 Å². The van der Waals surface area contributed by atoms with E-state index >= 15 is 0 Å². The van der Waals surface area contributed by atoms with Crippen molar-refractivity contribution in [3.05, 3.63) is 20.2 Å². The largest absolute Gasteiger partial charge is 0.300 e. The van der Waals surface area contributed by atoms with E-state index in [1.54, 1.807) is 0 Å². The van der Waals surface area contributed by atoms with Gasteiger partial charge in [0, 0.05) is 80.2 Å². The molecule has 2 atom stereocenters. The highest BCUT2D eigenvalue weighted by molar-refractivity contribution is 9.10. The molecule has 0 radical (unpaired) electrons. The summed E-state index contributed by atoms with van der Waals surface area (Å²) in [6.07, 6.45) is -0.374. The molecule has 0 aromatic carbocycles. The molecule has 0 unspecified atom stereocenters. The number of carbonyl (C=O) groups is 2. The summed E-state index contributed by atoms with van der Waals surface area (Å²) in [6.45, 7) is 2.65. The molecule has 126 valence electrons. The number of alkyl halides is 2. The molecule has 0 spiro atoms. The summed E-state index contributed by atoms with van der Waals surface area (Å²) >= 11 is 6.00. The quantitative estimate of drug-likeness (QED) is 0.208. The molecule has 22 heavy (non-hydrogen) atoms. The van der Waals surface area contributed by atoms with Gasteiger partial charge in [-0.3, -0.25) is 20.2 Å². The zero-order chi connectivity index (χ0) is 17.6. The van der Waals surface area contributed by atoms with Gasteiger partial charge in [-0.2, -0.15) is 0 Å². The standard InChI is InChI=1S/C12H18Br2N2O6/c1-9(17)3-5-11(13,15(19)20)7-8-12(14,16(21)22)6-4-10(2)18/h3-8H2,1-2H3/t11-,12-/m1/s1. The van der Waals surface area contributed by atoms with Gasteiger partial charge in [0.2, 0.25) is 0 Å². The van der Waals surface area contributed by atoms with Crippen molar-refractivity contribution in [2.45, 2.75) is 61.3 Å². The van der Waals surface area contributed by atoms with Crippen LogP contribution in [0.5, 0.6) is 0 Å². The monoisotopic (exact) mass is 444 g/mol. The van der Waals surface area contributed by atoms with E-state index in [4.69, 9.17) is 0 Å². The van der Waals surface area contributed by atoms with Crippen molar-refractivity contribution in [1.29, 1.82) is 0 Å². The molecular formula is C12H18Br2N2O6. The lowest BCUT2D eigenvalue weighted by Crippen LogP contribution is -2.38. The summed E-state index contributed by atoms with van der Waals surface area (Å²) in [5.74, 6) is -0.386. The van der Waals surface area contributed by atoms with E-state index in [0.29, 0.717) is 0 Å². The first kappa shape index (κ1) is 21.1.